The maximum absolute atomic E-state index is 13.7. The number of carbonyl (C=O) groups excluding carboxylic acids is 3. The number of aromatic nitrogens is 4. The predicted molar refractivity (Wildman–Crippen MR) is 253 cm³/mol. The first-order valence-corrected chi connectivity index (χ1v) is 19.4. The fraction of sp³-hybridized carbons (Fsp3) is 0.465. The van der Waals surface area contributed by atoms with E-state index in [1.807, 2.05) is 32.6 Å². The molecule has 2 aliphatic rings. The van der Waals surface area contributed by atoms with Gasteiger partial charge in [0.05, 0.1) is 48.9 Å². The Labute approximate surface area is 407 Å². The molecule has 6 rings (SSSR count). The van der Waals surface area contributed by atoms with E-state index in [9.17, 15) is 14.4 Å². The number of fused-ring (bicyclic) bond motifs is 4. The zero-order valence-electron chi connectivity index (χ0n) is 35.7. The summed E-state index contributed by atoms with van der Waals surface area (Å²) in [6, 6.07) is 16.6. The Morgan fingerprint density at radius 1 is 0.950 bits per heavy atom. The van der Waals surface area contributed by atoms with Crippen molar-refractivity contribution in [3.63, 3.8) is 0 Å². The van der Waals surface area contributed by atoms with Crippen molar-refractivity contribution in [3.8, 4) is 33.6 Å². The molecule has 17 heteroatoms. The first-order chi connectivity index (χ1) is 26.3. The fourth-order valence-electron chi connectivity index (χ4n) is 7.59. The minimum atomic E-state index is -0.908. The predicted octanol–water partition coefficient (Wildman–Crippen LogP) is 8.42. The molecule has 2 aliphatic heterocycles. The van der Waals surface area contributed by atoms with Crippen molar-refractivity contribution in [1.82, 2.24) is 35.1 Å². The van der Waals surface area contributed by atoms with Crippen LogP contribution in [0.2, 0.25) is 0 Å². The monoisotopic (exact) mass is 1120 g/mol. The summed E-state index contributed by atoms with van der Waals surface area (Å²) < 4.78 is 10.9. The number of methoxy groups -OCH3 is 1. The van der Waals surface area contributed by atoms with Crippen LogP contribution >= 0.6 is 54.0 Å². The van der Waals surface area contributed by atoms with Gasteiger partial charge in [0.1, 0.15) is 11.9 Å². The van der Waals surface area contributed by atoms with Crippen molar-refractivity contribution in [2.45, 2.75) is 97.9 Å². The molecule has 1 fully saturated rings. The van der Waals surface area contributed by atoms with E-state index in [1.165, 1.54) is 7.11 Å². The van der Waals surface area contributed by atoms with Crippen LogP contribution in [0.1, 0.15) is 97.0 Å². The van der Waals surface area contributed by atoms with Crippen molar-refractivity contribution in [1.29, 1.82) is 0 Å². The molecule has 0 aliphatic carbocycles. The maximum Gasteiger partial charge on any atom is 2.00 e. The molecule has 4 aromatic rings. The molecule has 3 amide bonds. The van der Waals surface area contributed by atoms with Gasteiger partial charge in [-0.3, -0.25) is 9.59 Å². The summed E-state index contributed by atoms with van der Waals surface area (Å²) in [6.07, 6.45) is 4.82. The second kappa shape index (κ2) is 24.4. The van der Waals surface area contributed by atoms with E-state index in [4.69, 9.17) is 14.5 Å². The van der Waals surface area contributed by atoms with Crippen LogP contribution in [-0.4, -0.2) is 73.9 Å². The fourth-order valence-corrected chi connectivity index (χ4v) is 7.59. The summed E-state index contributed by atoms with van der Waals surface area (Å²) in [5.41, 5.74) is 5.66. The number of rotatable bonds is 9. The Kier molecular flexibility index (Phi) is 22.5. The number of aromatic amines is 2. The Balaban J connectivity index is 0.00000360. The number of carbonyl (C=O) groups is 3. The molecule has 60 heavy (non-hydrogen) atoms. The van der Waals surface area contributed by atoms with E-state index in [2.05, 4.69) is 89.6 Å². The molecule has 328 valence electrons. The smallest absolute Gasteiger partial charge is 0.504 e. The zero-order valence-corrected chi connectivity index (χ0v) is 43.9. The largest absolute Gasteiger partial charge is 2.00 e. The summed E-state index contributed by atoms with van der Waals surface area (Å²) in [6.45, 7) is 17.8. The molecular weight excluding hydrogens is 1060 g/mol. The van der Waals surface area contributed by atoms with Crippen molar-refractivity contribution < 1.29 is 55.0 Å². The molecule has 2 aromatic heterocycles. The summed E-state index contributed by atoms with van der Waals surface area (Å²) >= 11 is 0. The number of benzene rings is 2. The van der Waals surface area contributed by atoms with Crippen LogP contribution < -0.4 is 5.32 Å². The molecule has 0 radical (unpaired) electrons. The average Bonchev–Trinajstić information content (AvgIpc) is 3.95. The van der Waals surface area contributed by atoms with Crippen LogP contribution in [0.4, 0.5) is 4.79 Å². The molecule has 0 unspecified atom stereocenters. The number of amides is 3. The first kappa shape index (κ1) is 55.5. The molecule has 12 nitrogen and oxygen atoms in total. The molecule has 4 heterocycles. The molecule has 1 saturated heterocycles. The van der Waals surface area contributed by atoms with Crippen LogP contribution in [0, 0.1) is 55.9 Å². The van der Waals surface area contributed by atoms with Crippen molar-refractivity contribution in [2.75, 3.05) is 20.3 Å². The third kappa shape index (κ3) is 12.3. The molecule has 0 saturated carbocycles. The van der Waals surface area contributed by atoms with Gasteiger partial charge in [-0.05, 0) is 54.7 Å². The molecule has 2 bridgehead atoms. The number of nitrogens with zero attached hydrogens (tertiary/aromatic N) is 4. The summed E-state index contributed by atoms with van der Waals surface area (Å²) in [4.78, 5) is 59.6. The quantitative estimate of drug-likeness (QED) is 0.143. The van der Waals surface area contributed by atoms with Crippen LogP contribution in [0.15, 0.2) is 54.7 Å². The second-order valence-corrected chi connectivity index (χ2v) is 15.6. The van der Waals surface area contributed by atoms with Gasteiger partial charge in [0.2, 0.25) is 5.91 Å². The maximum atomic E-state index is 13.7. The summed E-state index contributed by atoms with van der Waals surface area (Å²) in [5.74, 6) is 1.32. The summed E-state index contributed by atoms with van der Waals surface area (Å²) in [7, 11) is 1.30. The number of H-pyrrole nitrogens is 2. The van der Waals surface area contributed by atoms with Crippen molar-refractivity contribution in [2.24, 2.45) is 11.8 Å². The van der Waals surface area contributed by atoms with E-state index < -0.39 is 17.7 Å². The van der Waals surface area contributed by atoms with Crippen LogP contribution in [0.25, 0.3) is 33.6 Å². The van der Waals surface area contributed by atoms with E-state index in [1.54, 1.807) is 11.1 Å². The van der Waals surface area contributed by atoms with Gasteiger partial charge in [-0.1, -0.05) is 81.8 Å². The van der Waals surface area contributed by atoms with Gasteiger partial charge in [-0.15, -0.1) is 0 Å². The number of imidazole rings is 2. The van der Waals surface area contributed by atoms with Crippen molar-refractivity contribution in [3.05, 3.63) is 85.0 Å². The first-order valence-electron chi connectivity index (χ1n) is 19.4. The van der Waals surface area contributed by atoms with E-state index in [0.29, 0.717) is 32.0 Å². The topological polar surface area (TPSA) is 146 Å². The Bertz CT molecular complexity index is 1970. The number of hydrogen-bond donors (Lipinski definition) is 3. The Morgan fingerprint density at radius 3 is 2.13 bits per heavy atom. The average molecular weight is 1120 g/mol. The van der Waals surface area contributed by atoms with Gasteiger partial charge < -0.3 is 41.5 Å². The molecule has 3 N–H and O–H groups in total. The third-order valence-corrected chi connectivity index (χ3v) is 11.0. The van der Waals surface area contributed by atoms with E-state index >= 15 is 0 Å². The van der Waals surface area contributed by atoms with Crippen LogP contribution in [0.3, 0.4) is 0 Å². The second-order valence-electron chi connectivity index (χ2n) is 15.6. The number of ether oxygens (including phenoxy) is 2. The van der Waals surface area contributed by atoms with Gasteiger partial charge in [0.25, 0.3) is 0 Å². The third-order valence-electron chi connectivity index (χ3n) is 11.0. The van der Waals surface area contributed by atoms with Crippen molar-refractivity contribution >= 4 is 71.9 Å². The molecule has 4 atom stereocenters. The number of nitrogens with one attached hydrogen (secondary N) is 3. The van der Waals surface area contributed by atoms with Gasteiger partial charge in [-0.25, -0.2) is 20.8 Å². The summed E-state index contributed by atoms with van der Waals surface area (Å²) in [5, 5.41) is 2.75. The standard InChI is InChI=1S/C43H55N7O5.4H2S.U/c1-26(2)28(5)39(51)50(27(3)4)43(6,7)41-44-24-34(46-41)31-18-14-29(15-19-31)30-16-20-32(21-17-30)37-35-25-55-23-10-9-12-33(47-42(53)54-8)40(52)49-22-11-13-36(49)38(45-35)48-37;;;;;/h14-21,24,26,28,33,36H,6,9-13,22-23,25H2,1-5,7-8H3,(H,44,46)(H,45,48)(H,47,53);4*1H2;/q-2;;;;;+2/t28-,33-,36-,43+;;;;;/m0...../s1. The van der Waals surface area contributed by atoms with E-state index in [0.717, 1.165) is 76.9 Å². The van der Waals surface area contributed by atoms with Gasteiger partial charge in [-0.2, -0.15) is 67.8 Å². The molecule has 2 aromatic carbocycles. The van der Waals surface area contributed by atoms with Gasteiger partial charge in [0.15, 0.2) is 5.91 Å². The SMILES string of the molecule is S.S.S.S.[CH2-][C@@](C)(c1ncc(-c2ccc(-c3ccc(-c4nc5[nH]c4COCCCC[C@H](NC(=O)OC)C(=O)N4CCC[C@@H]54)cc3)cc2)[nH]1)N(C(=O)[C@@H](C)C(C)C)[C-](C)C.[U+2]. The molecule has 0 spiro atoms. The number of alkyl carbamates (subject to hydrolysis) is 1. The normalized spacial score (nSPS) is 17.9. The number of hydrogen-bond acceptors (Lipinski definition) is 7. The Hall–Kier alpha value is -2.52. The van der Waals surface area contributed by atoms with Gasteiger partial charge in [0, 0.05) is 24.6 Å². The van der Waals surface area contributed by atoms with Crippen LogP contribution in [-0.2, 0) is 31.2 Å². The van der Waals surface area contributed by atoms with Crippen LogP contribution in [0.5, 0.6) is 0 Å². The minimum absolute atomic E-state index is 0. The van der Waals surface area contributed by atoms with E-state index in [-0.39, 0.29) is 115 Å². The Morgan fingerprint density at radius 2 is 1.55 bits per heavy atom. The molecular formula is C43H63N7O5S4U. The zero-order chi connectivity index (χ0) is 39.4. The minimum Gasteiger partial charge on any atom is -0.504 e. The van der Waals surface area contributed by atoms with Gasteiger partial charge >= 0.3 is 37.2 Å².